The number of nitrogens with two attached hydrogens (primary N) is 2. The highest BCUT2D eigenvalue weighted by molar-refractivity contribution is 6.31. The summed E-state index contributed by atoms with van der Waals surface area (Å²) in [5.41, 5.74) is 11.5. The Morgan fingerprint density at radius 1 is 1.19 bits per heavy atom. The van der Waals surface area contributed by atoms with E-state index in [1.54, 1.807) is 0 Å². The highest BCUT2D eigenvalue weighted by Crippen LogP contribution is 2.16. The summed E-state index contributed by atoms with van der Waals surface area (Å²) in [6.45, 7) is 2.15. The number of hydrogen-bond acceptors (Lipinski definition) is 4. The molecule has 0 aliphatic rings. The highest BCUT2D eigenvalue weighted by Gasteiger charge is 2.04. The lowest BCUT2D eigenvalue weighted by Crippen LogP contribution is -2.02. The standard InChI is InChI=1S/C11H15ClN4/c1-2-3-4-5-6-7-8-10(13)16-11(14)9(12)15-8/h2-5H2,1H3,(H4,13,14,16). The first-order valence-corrected chi connectivity index (χ1v) is 5.60. The molecule has 1 aromatic heterocycles. The molecule has 0 saturated heterocycles. The van der Waals surface area contributed by atoms with Crippen molar-refractivity contribution in [1.82, 2.24) is 9.97 Å². The lowest BCUT2D eigenvalue weighted by Gasteiger charge is -1.99. The van der Waals surface area contributed by atoms with Gasteiger partial charge in [0, 0.05) is 6.42 Å². The van der Waals surface area contributed by atoms with Crippen molar-refractivity contribution in [2.24, 2.45) is 0 Å². The van der Waals surface area contributed by atoms with Crippen LogP contribution in [-0.4, -0.2) is 9.97 Å². The van der Waals surface area contributed by atoms with Gasteiger partial charge in [-0.2, -0.15) is 0 Å². The summed E-state index contributed by atoms with van der Waals surface area (Å²) < 4.78 is 0. The molecule has 0 amide bonds. The van der Waals surface area contributed by atoms with Gasteiger partial charge in [-0.1, -0.05) is 37.3 Å². The fourth-order valence-electron chi connectivity index (χ4n) is 1.14. The maximum absolute atomic E-state index is 5.73. The normalized spacial score (nSPS) is 9.62. The van der Waals surface area contributed by atoms with Gasteiger partial charge >= 0.3 is 0 Å². The minimum Gasteiger partial charge on any atom is -0.381 e. The third kappa shape index (κ3) is 3.59. The average molecular weight is 239 g/mol. The van der Waals surface area contributed by atoms with Crippen LogP contribution in [0.2, 0.25) is 5.15 Å². The molecule has 0 aliphatic carbocycles. The van der Waals surface area contributed by atoms with Crippen molar-refractivity contribution in [3.8, 4) is 11.8 Å². The van der Waals surface area contributed by atoms with Gasteiger partial charge in [-0.25, -0.2) is 9.97 Å². The van der Waals surface area contributed by atoms with Crippen LogP contribution in [0.25, 0.3) is 0 Å². The van der Waals surface area contributed by atoms with E-state index >= 15 is 0 Å². The molecule has 1 rings (SSSR count). The van der Waals surface area contributed by atoms with Gasteiger partial charge in [-0.15, -0.1) is 0 Å². The molecule has 0 spiro atoms. The van der Waals surface area contributed by atoms with Crippen LogP contribution in [-0.2, 0) is 0 Å². The van der Waals surface area contributed by atoms with Crippen LogP contribution in [0.15, 0.2) is 0 Å². The minimum absolute atomic E-state index is 0.135. The molecule has 0 fully saturated rings. The first kappa shape index (κ1) is 12.6. The Morgan fingerprint density at radius 3 is 2.62 bits per heavy atom. The van der Waals surface area contributed by atoms with E-state index in [1.165, 1.54) is 12.8 Å². The van der Waals surface area contributed by atoms with Crippen LogP contribution in [0.4, 0.5) is 11.6 Å². The Bertz CT molecular complexity index is 420. The van der Waals surface area contributed by atoms with E-state index in [0.717, 1.165) is 12.8 Å². The predicted octanol–water partition coefficient (Wildman–Crippen LogP) is 2.23. The van der Waals surface area contributed by atoms with Crippen molar-refractivity contribution in [3.05, 3.63) is 10.8 Å². The van der Waals surface area contributed by atoms with Crippen LogP contribution < -0.4 is 11.5 Å². The second-order valence-electron chi connectivity index (χ2n) is 3.39. The van der Waals surface area contributed by atoms with Crippen molar-refractivity contribution in [2.45, 2.75) is 32.6 Å². The fraction of sp³-hybridized carbons (Fsp3) is 0.455. The molecule has 0 unspecified atom stereocenters. The maximum atomic E-state index is 5.73. The van der Waals surface area contributed by atoms with E-state index in [4.69, 9.17) is 23.1 Å². The van der Waals surface area contributed by atoms with Gasteiger partial charge in [0.2, 0.25) is 0 Å². The van der Waals surface area contributed by atoms with E-state index in [9.17, 15) is 0 Å². The molecule has 0 atom stereocenters. The highest BCUT2D eigenvalue weighted by atomic mass is 35.5. The molecule has 0 bridgehead atoms. The molecule has 1 aromatic rings. The van der Waals surface area contributed by atoms with Crippen molar-refractivity contribution in [2.75, 3.05) is 11.5 Å². The molecule has 4 N–H and O–H groups in total. The van der Waals surface area contributed by atoms with Gasteiger partial charge < -0.3 is 11.5 Å². The summed E-state index contributed by atoms with van der Waals surface area (Å²) in [5, 5.41) is 0.145. The molecule has 0 aliphatic heterocycles. The minimum atomic E-state index is 0.135. The topological polar surface area (TPSA) is 77.8 Å². The number of hydrogen-bond donors (Lipinski definition) is 2. The molecular weight excluding hydrogens is 224 g/mol. The Labute approximate surface area is 100 Å². The number of unbranched alkanes of at least 4 members (excludes halogenated alkanes) is 3. The van der Waals surface area contributed by atoms with Gasteiger partial charge in [0.1, 0.15) is 0 Å². The lowest BCUT2D eigenvalue weighted by atomic mass is 10.2. The largest absolute Gasteiger partial charge is 0.381 e. The number of anilines is 2. The predicted molar refractivity (Wildman–Crippen MR) is 66.9 cm³/mol. The molecule has 5 heteroatoms. The van der Waals surface area contributed by atoms with Crippen molar-refractivity contribution in [3.63, 3.8) is 0 Å². The second-order valence-corrected chi connectivity index (χ2v) is 3.75. The number of halogens is 1. The molecule has 0 saturated carbocycles. The van der Waals surface area contributed by atoms with Gasteiger partial charge in [0.15, 0.2) is 22.5 Å². The van der Waals surface area contributed by atoms with Crippen LogP contribution >= 0.6 is 11.6 Å². The van der Waals surface area contributed by atoms with E-state index in [1.807, 2.05) is 0 Å². The fourth-order valence-corrected chi connectivity index (χ4v) is 1.27. The number of nitrogens with zero attached hydrogens (tertiary/aromatic N) is 2. The molecule has 0 aromatic carbocycles. The van der Waals surface area contributed by atoms with Crippen LogP contribution in [0.5, 0.6) is 0 Å². The van der Waals surface area contributed by atoms with Crippen LogP contribution in [0, 0.1) is 11.8 Å². The quantitative estimate of drug-likeness (QED) is 0.625. The zero-order valence-corrected chi connectivity index (χ0v) is 10.0. The third-order valence-corrected chi connectivity index (χ3v) is 2.30. The van der Waals surface area contributed by atoms with Crippen LogP contribution in [0.3, 0.4) is 0 Å². The maximum Gasteiger partial charge on any atom is 0.172 e. The van der Waals surface area contributed by atoms with Crippen molar-refractivity contribution < 1.29 is 0 Å². The Morgan fingerprint density at radius 2 is 1.94 bits per heavy atom. The summed E-state index contributed by atoms with van der Waals surface area (Å²) in [5.74, 6) is 6.20. The van der Waals surface area contributed by atoms with Gasteiger partial charge in [0.05, 0.1) is 0 Å². The Hall–Kier alpha value is -1.47. The van der Waals surface area contributed by atoms with E-state index in [0.29, 0.717) is 5.69 Å². The zero-order valence-electron chi connectivity index (χ0n) is 9.26. The molecule has 1 heterocycles. The average Bonchev–Trinajstić information content (AvgIpc) is 2.25. The molecular formula is C11H15ClN4. The second kappa shape index (κ2) is 6.19. The number of nitrogen functional groups attached to an aromatic ring is 2. The molecule has 4 nitrogen and oxygen atoms in total. The Balaban J connectivity index is 2.69. The van der Waals surface area contributed by atoms with Gasteiger partial charge in [-0.3, -0.25) is 0 Å². The van der Waals surface area contributed by atoms with E-state index in [-0.39, 0.29) is 16.8 Å². The summed E-state index contributed by atoms with van der Waals surface area (Å²) >= 11 is 5.73. The smallest absolute Gasteiger partial charge is 0.172 e. The Kier molecular flexibility index (Phi) is 4.87. The van der Waals surface area contributed by atoms with E-state index in [2.05, 4.69) is 28.7 Å². The van der Waals surface area contributed by atoms with E-state index < -0.39 is 0 Å². The monoisotopic (exact) mass is 238 g/mol. The van der Waals surface area contributed by atoms with Crippen LogP contribution in [0.1, 0.15) is 38.3 Å². The first-order valence-electron chi connectivity index (χ1n) is 5.22. The summed E-state index contributed by atoms with van der Waals surface area (Å²) in [4.78, 5) is 7.82. The molecule has 86 valence electrons. The van der Waals surface area contributed by atoms with Gasteiger partial charge in [0.25, 0.3) is 0 Å². The molecule has 0 radical (unpaired) electrons. The van der Waals surface area contributed by atoms with Gasteiger partial charge in [-0.05, 0) is 12.3 Å². The lowest BCUT2D eigenvalue weighted by molar-refractivity contribution is 0.737. The summed E-state index contributed by atoms with van der Waals surface area (Å²) in [7, 11) is 0. The first-order chi connectivity index (χ1) is 7.65. The zero-order chi connectivity index (χ0) is 12.0. The number of rotatable bonds is 3. The summed E-state index contributed by atoms with van der Waals surface area (Å²) in [6.07, 6.45) is 4.27. The van der Waals surface area contributed by atoms with Crippen molar-refractivity contribution >= 4 is 23.2 Å². The van der Waals surface area contributed by atoms with Crippen molar-refractivity contribution in [1.29, 1.82) is 0 Å². The molecule has 16 heavy (non-hydrogen) atoms. The summed E-state index contributed by atoms with van der Waals surface area (Å²) in [6, 6.07) is 0. The number of aromatic nitrogens is 2. The third-order valence-electron chi connectivity index (χ3n) is 2.02. The SMILES string of the molecule is CCCCCC#Cc1nc(Cl)c(N)nc1N.